The monoisotopic (exact) mass is 226 g/mol. The number of nitrogens with two attached hydrogens (primary N) is 1. The summed E-state index contributed by atoms with van der Waals surface area (Å²) in [4.78, 5) is 11.2. The van der Waals surface area contributed by atoms with E-state index in [0.29, 0.717) is 6.92 Å². The van der Waals surface area contributed by atoms with Gasteiger partial charge in [0.1, 0.15) is 0 Å². The molecule has 3 N–H and O–H groups in total. The lowest BCUT2D eigenvalue weighted by Crippen LogP contribution is -2.62. The van der Waals surface area contributed by atoms with Gasteiger partial charge in [-0.1, -0.05) is 20.8 Å². The standard InChI is InChI=1S/C9H17F3N2O/c1-7(2,3)5-14-6(15)8(4,13)9(10,11)12/h5,13H2,1-4H3,(H,14,15). The molecule has 0 saturated carbocycles. The highest BCUT2D eigenvalue weighted by Crippen LogP contribution is 2.28. The summed E-state index contributed by atoms with van der Waals surface area (Å²) in [6.07, 6.45) is -4.74. The minimum Gasteiger partial charge on any atom is -0.354 e. The van der Waals surface area contributed by atoms with Crippen molar-refractivity contribution in [3.63, 3.8) is 0 Å². The molecular formula is C9H17F3N2O. The predicted molar refractivity (Wildman–Crippen MR) is 51.1 cm³/mol. The Labute approximate surface area is 87.2 Å². The summed E-state index contributed by atoms with van der Waals surface area (Å²) < 4.78 is 37.0. The third kappa shape index (κ3) is 4.07. The van der Waals surface area contributed by atoms with E-state index in [1.165, 1.54) is 0 Å². The summed E-state index contributed by atoms with van der Waals surface area (Å²) >= 11 is 0. The topological polar surface area (TPSA) is 55.1 Å². The molecule has 0 aliphatic carbocycles. The SMILES string of the molecule is CC(C)(C)CNC(=O)C(C)(N)C(F)(F)F. The van der Waals surface area contributed by atoms with Crippen LogP contribution in [0.3, 0.4) is 0 Å². The number of alkyl halides is 3. The Kier molecular flexibility index (Phi) is 3.79. The molecule has 0 radical (unpaired) electrons. The van der Waals surface area contributed by atoms with Crippen LogP contribution in [0, 0.1) is 5.41 Å². The highest BCUT2D eigenvalue weighted by atomic mass is 19.4. The van der Waals surface area contributed by atoms with Crippen molar-refractivity contribution in [1.29, 1.82) is 0 Å². The van der Waals surface area contributed by atoms with Crippen LogP contribution in [-0.2, 0) is 4.79 Å². The summed E-state index contributed by atoms with van der Waals surface area (Å²) in [7, 11) is 0. The number of amides is 1. The van der Waals surface area contributed by atoms with Crippen molar-refractivity contribution in [1.82, 2.24) is 5.32 Å². The average molecular weight is 226 g/mol. The van der Waals surface area contributed by atoms with Gasteiger partial charge in [-0.05, 0) is 12.3 Å². The molecule has 0 fully saturated rings. The lowest BCUT2D eigenvalue weighted by atomic mass is 9.95. The molecule has 3 nitrogen and oxygen atoms in total. The van der Waals surface area contributed by atoms with E-state index in [1.54, 1.807) is 20.8 Å². The van der Waals surface area contributed by atoms with E-state index in [4.69, 9.17) is 5.73 Å². The lowest BCUT2D eigenvalue weighted by molar-refractivity contribution is -0.187. The molecule has 0 rings (SSSR count). The van der Waals surface area contributed by atoms with Gasteiger partial charge in [-0.25, -0.2) is 0 Å². The van der Waals surface area contributed by atoms with Gasteiger partial charge in [0, 0.05) is 6.54 Å². The third-order valence-corrected chi connectivity index (χ3v) is 1.84. The van der Waals surface area contributed by atoms with Crippen molar-refractivity contribution in [2.24, 2.45) is 11.1 Å². The van der Waals surface area contributed by atoms with Gasteiger partial charge in [-0.3, -0.25) is 4.79 Å². The molecule has 0 aromatic heterocycles. The Morgan fingerprint density at radius 2 is 1.60 bits per heavy atom. The Balaban J connectivity index is 4.47. The number of halogens is 3. The average Bonchev–Trinajstić information content (AvgIpc) is 1.96. The molecule has 90 valence electrons. The van der Waals surface area contributed by atoms with E-state index in [-0.39, 0.29) is 12.0 Å². The maximum Gasteiger partial charge on any atom is 0.415 e. The number of carbonyl (C=O) groups excluding carboxylic acids is 1. The van der Waals surface area contributed by atoms with Crippen molar-refractivity contribution in [3.8, 4) is 0 Å². The summed E-state index contributed by atoms with van der Waals surface area (Å²) in [6, 6.07) is 0. The summed E-state index contributed by atoms with van der Waals surface area (Å²) in [6.45, 7) is 6.21. The van der Waals surface area contributed by atoms with E-state index >= 15 is 0 Å². The molecule has 0 saturated heterocycles. The Bertz CT molecular complexity index is 241. The Morgan fingerprint density at radius 1 is 1.20 bits per heavy atom. The largest absolute Gasteiger partial charge is 0.415 e. The van der Waals surface area contributed by atoms with Crippen molar-refractivity contribution in [2.45, 2.75) is 39.4 Å². The second-order valence-electron chi connectivity index (χ2n) is 4.94. The van der Waals surface area contributed by atoms with E-state index in [0.717, 1.165) is 0 Å². The van der Waals surface area contributed by atoms with Gasteiger partial charge in [0.2, 0.25) is 5.91 Å². The number of carbonyl (C=O) groups is 1. The van der Waals surface area contributed by atoms with Gasteiger partial charge in [0.15, 0.2) is 5.54 Å². The second kappa shape index (κ2) is 4.00. The molecular weight excluding hydrogens is 209 g/mol. The molecule has 0 aliphatic rings. The third-order valence-electron chi connectivity index (χ3n) is 1.84. The molecule has 1 atom stereocenters. The maximum absolute atomic E-state index is 12.3. The number of nitrogens with one attached hydrogen (secondary N) is 1. The minimum absolute atomic E-state index is 0.148. The molecule has 15 heavy (non-hydrogen) atoms. The van der Waals surface area contributed by atoms with Crippen molar-refractivity contribution in [2.75, 3.05) is 6.54 Å². The number of hydrogen-bond donors (Lipinski definition) is 2. The zero-order valence-corrected chi connectivity index (χ0v) is 9.33. The van der Waals surface area contributed by atoms with Crippen LogP contribution < -0.4 is 11.1 Å². The normalized spacial score (nSPS) is 17.1. The van der Waals surface area contributed by atoms with Crippen LogP contribution in [0.25, 0.3) is 0 Å². The molecule has 1 unspecified atom stereocenters. The van der Waals surface area contributed by atoms with Gasteiger partial charge in [-0.15, -0.1) is 0 Å². The quantitative estimate of drug-likeness (QED) is 0.748. The highest BCUT2D eigenvalue weighted by molar-refractivity contribution is 5.86. The zero-order valence-electron chi connectivity index (χ0n) is 9.33. The van der Waals surface area contributed by atoms with Crippen LogP contribution in [0.15, 0.2) is 0 Å². The molecule has 1 amide bonds. The summed E-state index contributed by atoms with van der Waals surface area (Å²) in [5.74, 6) is -1.20. The molecule has 0 spiro atoms. The molecule has 0 aromatic rings. The van der Waals surface area contributed by atoms with E-state index in [9.17, 15) is 18.0 Å². The molecule has 6 heteroatoms. The van der Waals surface area contributed by atoms with Crippen molar-refractivity contribution < 1.29 is 18.0 Å². The van der Waals surface area contributed by atoms with E-state index in [1.807, 2.05) is 0 Å². The smallest absolute Gasteiger partial charge is 0.354 e. The van der Waals surface area contributed by atoms with Crippen LogP contribution in [0.2, 0.25) is 0 Å². The van der Waals surface area contributed by atoms with Crippen LogP contribution >= 0.6 is 0 Å². The van der Waals surface area contributed by atoms with Gasteiger partial charge in [-0.2, -0.15) is 13.2 Å². The fraction of sp³-hybridized carbons (Fsp3) is 0.889. The Morgan fingerprint density at radius 3 is 1.87 bits per heavy atom. The lowest BCUT2D eigenvalue weighted by Gasteiger charge is -2.28. The van der Waals surface area contributed by atoms with Gasteiger partial charge in [0.05, 0.1) is 0 Å². The van der Waals surface area contributed by atoms with Crippen LogP contribution in [0.1, 0.15) is 27.7 Å². The number of rotatable bonds is 2. The maximum atomic E-state index is 12.3. The fourth-order valence-electron chi connectivity index (χ4n) is 0.658. The fourth-order valence-corrected chi connectivity index (χ4v) is 0.658. The van der Waals surface area contributed by atoms with Gasteiger partial charge >= 0.3 is 6.18 Å². The predicted octanol–water partition coefficient (Wildman–Crippen LogP) is 1.43. The van der Waals surface area contributed by atoms with E-state index in [2.05, 4.69) is 5.32 Å². The highest BCUT2D eigenvalue weighted by Gasteiger charge is 2.53. The first kappa shape index (κ1) is 14.2. The first-order valence-corrected chi connectivity index (χ1v) is 4.52. The van der Waals surface area contributed by atoms with Crippen LogP contribution in [0.4, 0.5) is 13.2 Å². The van der Waals surface area contributed by atoms with Crippen LogP contribution in [-0.4, -0.2) is 24.2 Å². The minimum atomic E-state index is -4.74. The molecule has 0 aromatic carbocycles. The molecule has 0 bridgehead atoms. The van der Waals surface area contributed by atoms with Crippen molar-refractivity contribution in [3.05, 3.63) is 0 Å². The molecule has 0 heterocycles. The Hall–Kier alpha value is -0.780. The summed E-state index contributed by atoms with van der Waals surface area (Å²) in [5, 5.41) is 2.19. The first-order valence-electron chi connectivity index (χ1n) is 4.52. The summed E-state index contributed by atoms with van der Waals surface area (Å²) in [5.41, 5.74) is 1.81. The van der Waals surface area contributed by atoms with E-state index < -0.39 is 17.6 Å². The van der Waals surface area contributed by atoms with Crippen LogP contribution in [0.5, 0.6) is 0 Å². The van der Waals surface area contributed by atoms with Crippen molar-refractivity contribution >= 4 is 5.91 Å². The first-order chi connectivity index (χ1) is 6.38. The zero-order chi connectivity index (χ0) is 12.5. The van der Waals surface area contributed by atoms with Gasteiger partial charge in [0.25, 0.3) is 0 Å². The number of hydrogen-bond acceptors (Lipinski definition) is 2. The second-order valence-corrected chi connectivity index (χ2v) is 4.94. The molecule has 0 aliphatic heterocycles. The van der Waals surface area contributed by atoms with Gasteiger partial charge < -0.3 is 11.1 Å².